The van der Waals surface area contributed by atoms with E-state index in [1.54, 1.807) is 37.3 Å². The number of anilines is 1. The molecule has 2 aromatic carbocycles. The molecule has 1 unspecified atom stereocenters. The fourth-order valence-corrected chi connectivity index (χ4v) is 2.80. The standard InChI is InChI=1S/C19H18N2O4/c1-2-15(22)13-8-9-16-14(10-13)21(11-17(20)23)19(24)18(25-16)12-6-4-3-5-7-12/h3-10,18H,2,11H2,1H3,(H2,20,23). The topological polar surface area (TPSA) is 89.7 Å². The number of hydrogen-bond acceptors (Lipinski definition) is 4. The molecule has 1 aliphatic heterocycles. The molecule has 0 bridgehead atoms. The van der Waals surface area contributed by atoms with E-state index in [0.717, 1.165) is 0 Å². The molecule has 0 saturated heterocycles. The van der Waals surface area contributed by atoms with Crippen molar-refractivity contribution in [3.05, 3.63) is 59.7 Å². The van der Waals surface area contributed by atoms with Gasteiger partial charge in [-0.2, -0.15) is 0 Å². The zero-order valence-corrected chi connectivity index (χ0v) is 13.8. The van der Waals surface area contributed by atoms with Crippen LogP contribution in [0.1, 0.15) is 35.4 Å². The molecule has 2 aromatic rings. The van der Waals surface area contributed by atoms with Crippen molar-refractivity contribution < 1.29 is 19.1 Å². The van der Waals surface area contributed by atoms with E-state index >= 15 is 0 Å². The number of amides is 2. The lowest BCUT2D eigenvalue weighted by Crippen LogP contribution is -2.45. The highest BCUT2D eigenvalue weighted by Crippen LogP contribution is 2.39. The van der Waals surface area contributed by atoms with Crippen LogP contribution in [0.25, 0.3) is 0 Å². The molecule has 25 heavy (non-hydrogen) atoms. The molecule has 1 aliphatic rings. The SMILES string of the molecule is CCC(=O)c1ccc2c(c1)N(CC(N)=O)C(=O)C(c1ccccc1)O2. The number of rotatable bonds is 5. The van der Waals surface area contributed by atoms with E-state index in [1.807, 2.05) is 18.2 Å². The van der Waals surface area contributed by atoms with Crippen LogP contribution in [0, 0.1) is 0 Å². The summed E-state index contributed by atoms with van der Waals surface area (Å²) in [6, 6.07) is 13.9. The summed E-state index contributed by atoms with van der Waals surface area (Å²) in [7, 11) is 0. The Labute approximate surface area is 145 Å². The number of primary amides is 1. The van der Waals surface area contributed by atoms with Crippen molar-refractivity contribution in [3.63, 3.8) is 0 Å². The number of Topliss-reactive ketones (excluding diaryl/α,β-unsaturated/α-hetero) is 1. The summed E-state index contributed by atoms with van der Waals surface area (Å²) < 4.78 is 5.86. The zero-order chi connectivity index (χ0) is 18.0. The Hall–Kier alpha value is -3.15. The van der Waals surface area contributed by atoms with Crippen LogP contribution >= 0.6 is 0 Å². The average Bonchev–Trinajstić information content (AvgIpc) is 2.63. The normalized spacial score (nSPS) is 16.1. The predicted molar refractivity (Wildman–Crippen MR) is 92.4 cm³/mol. The van der Waals surface area contributed by atoms with Gasteiger partial charge in [0.25, 0.3) is 5.91 Å². The van der Waals surface area contributed by atoms with E-state index in [-0.39, 0.29) is 12.3 Å². The lowest BCUT2D eigenvalue weighted by atomic mass is 10.0. The number of benzene rings is 2. The zero-order valence-electron chi connectivity index (χ0n) is 13.8. The van der Waals surface area contributed by atoms with Crippen molar-refractivity contribution in [2.24, 2.45) is 5.73 Å². The molecule has 1 heterocycles. The second kappa shape index (κ2) is 6.76. The van der Waals surface area contributed by atoms with Gasteiger partial charge in [0.15, 0.2) is 5.78 Å². The smallest absolute Gasteiger partial charge is 0.273 e. The monoisotopic (exact) mass is 338 g/mol. The molecule has 0 spiro atoms. The highest BCUT2D eigenvalue weighted by Gasteiger charge is 2.36. The van der Waals surface area contributed by atoms with Gasteiger partial charge in [-0.05, 0) is 18.2 Å². The molecule has 1 atom stereocenters. The van der Waals surface area contributed by atoms with Crippen molar-refractivity contribution in [3.8, 4) is 5.75 Å². The number of ether oxygens (including phenoxy) is 1. The van der Waals surface area contributed by atoms with Gasteiger partial charge in [-0.3, -0.25) is 19.3 Å². The Balaban J connectivity index is 2.07. The van der Waals surface area contributed by atoms with Crippen LogP contribution in [0.15, 0.2) is 48.5 Å². The lowest BCUT2D eigenvalue weighted by molar-refractivity contribution is -0.128. The van der Waals surface area contributed by atoms with Gasteiger partial charge >= 0.3 is 0 Å². The Bertz CT molecular complexity index is 833. The first kappa shape index (κ1) is 16.7. The molecule has 0 aromatic heterocycles. The van der Waals surface area contributed by atoms with E-state index in [4.69, 9.17) is 10.5 Å². The second-order valence-corrected chi connectivity index (χ2v) is 5.76. The minimum Gasteiger partial charge on any atom is -0.474 e. The van der Waals surface area contributed by atoms with Gasteiger partial charge in [0, 0.05) is 17.5 Å². The molecule has 0 saturated carbocycles. The minimum absolute atomic E-state index is 0.0561. The summed E-state index contributed by atoms with van der Waals surface area (Å²) in [4.78, 5) is 37.6. The third-order valence-corrected chi connectivity index (χ3v) is 4.04. The molecule has 2 amide bonds. The van der Waals surface area contributed by atoms with E-state index in [0.29, 0.717) is 29.0 Å². The molecule has 0 aliphatic carbocycles. The van der Waals surface area contributed by atoms with Crippen LogP contribution in [0.2, 0.25) is 0 Å². The maximum atomic E-state index is 12.9. The summed E-state index contributed by atoms with van der Waals surface area (Å²) in [6.45, 7) is 1.48. The molecule has 0 radical (unpaired) electrons. The number of ketones is 1. The summed E-state index contributed by atoms with van der Waals surface area (Å²) in [5, 5.41) is 0. The third kappa shape index (κ3) is 3.24. The van der Waals surface area contributed by atoms with E-state index < -0.39 is 17.9 Å². The molecular formula is C19H18N2O4. The summed E-state index contributed by atoms with van der Waals surface area (Å²) in [5.41, 5.74) is 6.84. The van der Waals surface area contributed by atoms with Gasteiger partial charge in [-0.1, -0.05) is 37.3 Å². The van der Waals surface area contributed by atoms with Crippen LogP contribution in [0.5, 0.6) is 5.75 Å². The van der Waals surface area contributed by atoms with Gasteiger partial charge in [-0.15, -0.1) is 0 Å². The summed E-state index contributed by atoms with van der Waals surface area (Å²) in [6.07, 6.45) is -0.517. The first-order valence-electron chi connectivity index (χ1n) is 7.99. The summed E-state index contributed by atoms with van der Waals surface area (Å²) in [5.74, 6) is -0.652. The van der Waals surface area contributed by atoms with Gasteiger partial charge in [0.2, 0.25) is 12.0 Å². The van der Waals surface area contributed by atoms with Crippen molar-refractivity contribution in [2.45, 2.75) is 19.4 Å². The number of nitrogens with zero attached hydrogens (tertiary/aromatic N) is 1. The average molecular weight is 338 g/mol. The highest BCUT2D eigenvalue weighted by molar-refractivity contribution is 6.05. The molecule has 2 N–H and O–H groups in total. The second-order valence-electron chi connectivity index (χ2n) is 5.76. The first-order valence-corrected chi connectivity index (χ1v) is 7.99. The summed E-state index contributed by atoms with van der Waals surface area (Å²) >= 11 is 0. The molecular weight excluding hydrogens is 320 g/mol. The number of carbonyl (C=O) groups excluding carboxylic acids is 3. The largest absolute Gasteiger partial charge is 0.474 e. The predicted octanol–water partition coefficient (Wildman–Crippen LogP) is 2.23. The maximum Gasteiger partial charge on any atom is 0.273 e. The van der Waals surface area contributed by atoms with E-state index in [1.165, 1.54) is 4.90 Å². The molecule has 6 nitrogen and oxygen atoms in total. The van der Waals surface area contributed by atoms with E-state index in [9.17, 15) is 14.4 Å². The maximum absolute atomic E-state index is 12.9. The Morgan fingerprint density at radius 1 is 1.16 bits per heavy atom. The van der Waals surface area contributed by atoms with Gasteiger partial charge in [0.1, 0.15) is 12.3 Å². The Kier molecular flexibility index (Phi) is 4.52. The minimum atomic E-state index is -0.860. The number of nitrogens with two attached hydrogens (primary N) is 1. The van der Waals surface area contributed by atoms with Crippen LogP contribution in [-0.2, 0) is 9.59 Å². The van der Waals surface area contributed by atoms with Crippen molar-refractivity contribution in [1.29, 1.82) is 0 Å². The quantitative estimate of drug-likeness (QED) is 0.847. The Morgan fingerprint density at radius 2 is 1.88 bits per heavy atom. The third-order valence-electron chi connectivity index (χ3n) is 4.04. The molecule has 6 heteroatoms. The van der Waals surface area contributed by atoms with Crippen LogP contribution in [-0.4, -0.2) is 24.1 Å². The fraction of sp³-hybridized carbons (Fsp3) is 0.211. The van der Waals surface area contributed by atoms with Crippen LogP contribution in [0.3, 0.4) is 0 Å². The molecule has 0 fully saturated rings. The van der Waals surface area contributed by atoms with Gasteiger partial charge in [-0.25, -0.2) is 0 Å². The van der Waals surface area contributed by atoms with Crippen molar-refractivity contribution >= 4 is 23.3 Å². The first-order chi connectivity index (χ1) is 12.0. The fourth-order valence-electron chi connectivity index (χ4n) is 2.80. The van der Waals surface area contributed by atoms with Crippen molar-refractivity contribution in [2.75, 3.05) is 11.4 Å². The number of hydrogen-bond donors (Lipinski definition) is 1. The van der Waals surface area contributed by atoms with Gasteiger partial charge < -0.3 is 10.5 Å². The van der Waals surface area contributed by atoms with E-state index in [2.05, 4.69) is 0 Å². The molecule has 3 rings (SSSR count). The Morgan fingerprint density at radius 3 is 2.52 bits per heavy atom. The van der Waals surface area contributed by atoms with Crippen LogP contribution < -0.4 is 15.4 Å². The lowest BCUT2D eigenvalue weighted by Gasteiger charge is -2.34. The van der Waals surface area contributed by atoms with Crippen LogP contribution in [0.4, 0.5) is 5.69 Å². The highest BCUT2D eigenvalue weighted by atomic mass is 16.5. The van der Waals surface area contributed by atoms with Gasteiger partial charge in [0.05, 0.1) is 5.69 Å². The molecule has 128 valence electrons. The number of fused-ring (bicyclic) bond motifs is 1. The number of carbonyl (C=O) groups is 3. The van der Waals surface area contributed by atoms with Crippen molar-refractivity contribution in [1.82, 2.24) is 0 Å².